The summed E-state index contributed by atoms with van der Waals surface area (Å²) in [6.45, 7) is 6.24. The lowest BCUT2D eigenvalue weighted by Gasteiger charge is -2.32. The first-order chi connectivity index (χ1) is 19.9. The van der Waals surface area contributed by atoms with E-state index in [9.17, 15) is 14.4 Å². The summed E-state index contributed by atoms with van der Waals surface area (Å²) in [7, 11) is 1.57. The number of carboxylic acid groups (broad SMARTS) is 1. The Balaban J connectivity index is 1.50. The van der Waals surface area contributed by atoms with E-state index in [0.717, 1.165) is 28.6 Å². The fraction of sp³-hybridized carbons (Fsp3) is 0.481. The predicted molar refractivity (Wildman–Crippen MR) is 157 cm³/mol. The van der Waals surface area contributed by atoms with Crippen LogP contribution in [-0.4, -0.2) is 80.1 Å². The third kappa shape index (κ3) is 6.20. The molecule has 4 N–H and O–H groups in total. The zero-order valence-electron chi connectivity index (χ0n) is 23.7. The van der Waals surface area contributed by atoms with Crippen molar-refractivity contribution < 1.29 is 29.0 Å². The number of nitrogens with zero attached hydrogens (tertiary/aromatic N) is 5. The molecule has 1 aliphatic heterocycles. The standard InChI is InChI=1S/C27H33BrN8O6/c1-26(2,3)42-25(40)34-27(23(37)32-15-5-6-15)9-10-35(12-27)20-16(17(28)7-8-18(20)41-4)11-36-14-31-19-21(33-24(38)39)29-13-30-22(19)36/h7-8,13-15H,5-6,9-12H2,1-4H3,(H,32,37)(H,34,40)(H,38,39)(H,29,30,33). The van der Waals surface area contributed by atoms with Gasteiger partial charge in [0.05, 0.1) is 32.2 Å². The summed E-state index contributed by atoms with van der Waals surface area (Å²) < 4.78 is 13.8. The Morgan fingerprint density at radius 1 is 1.19 bits per heavy atom. The lowest BCUT2D eigenvalue weighted by atomic mass is 9.97. The van der Waals surface area contributed by atoms with Crippen molar-refractivity contribution in [1.82, 2.24) is 30.2 Å². The molecule has 42 heavy (non-hydrogen) atoms. The van der Waals surface area contributed by atoms with Crippen LogP contribution in [0.1, 0.15) is 45.6 Å². The molecule has 224 valence electrons. The van der Waals surface area contributed by atoms with E-state index in [-0.39, 0.29) is 30.9 Å². The van der Waals surface area contributed by atoms with Crippen LogP contribution in [0.4, 0.5) is 21.1 Å². The molecule has 0 bridgehead atoms. The topological polar surface area (TPSA) is 173 Å². The molecule has 0 radical (unpaired) electrons. The van der Waals surface area contributed by atoms with Crippen LogP contribution in [0.2, 0.25) is 0 Å². The van der Waals surface area contributed by atoms with Gasteiger partial charge in [0.1, 0.15) is 23.2 Å². The SMILES string of the molecule is COc1ccc(Br)c(Cn2cnc3c(NC(=O)O)ncnc32)c1N1CCC(NC(=O)OC(C)(C)C)(C(=O)NC2CC2)C1. The monoisotopic (exact) mass is 644 g/mol. The number of ether oxygens (including phenoxy) is 2. The smallest absolute Gasteiger partial charge is 0.410 e. The lowest BCUT2D eigenvalue weighted by molar-refractivity contribution is -0.127. The van der Waals surface area contributed by atoms with Crippen molar-refractivity contribution in [2.24, 2.45) is 0 Å². The molecule has 1 saturated heterocycles. The van der Waals surface area contributed by atoms with Gasteiger partial charge in [-0.1, -0.05) is 15.9 Å². The zero-order valence-corrected chi connectivity index (χ0v) is 25.3. The molecule has 3 aromatic rings. The predicted octanol–water partition coefficient (Wildman–Crippen LogP) is 3.49. The van der Waals surface area contributed by atoms with Gasteiger partial charge >= 0.3 is 12.2 Å². The fourth-order valence-corrected chi connectivity index (χ4v) is 5.45. The van der Waals surface area contributed by atoms with Crippen LogP contribution in [0.15, 0.2) is 29.3 Å². The molecule has 15 heteroatoms. The van der Waals surface area contributed by atoms with Gasteiger partial charge in [0.2, 0.25) is 5.91 Å². The maximum Gasteiger partial charge on any atom is 0.410 e. The normalized spacial score (nSPS) is 18.5. The highest BCUT2D eigenvalue weighted by molar-refractivity contribution is 9.10. The zero-order chi connectivity index (χ0) is 30.2. The minimum absolute atomic E-state index is 0.0791. The number of rotatable bonds is 8. The molecule has 1 unspecified atom stereocenters. The second-order valence-corrected chi connectivity index (χ2v) is 12.3. The highest BCUT2D eigenvalue weighted by Crippen LogP contribution is 2.41. The van der Waals surface area contributed by atoms with Crippen LogP contribution in [0.3, 0.4) is 0 Å². The van der Waals surface area contributed by atoms with Crippen molar-refractivity contribution in [3.05, 3.63) is 34.8 Å². The molecular formula is C27H33BrN8O6. The number of benzene rings is 1. The highest BCUT2D eigenvalue weighted by Gasteiger charge is 2.49. The van der Waals surface area contributed by atoms with Crippen molar-refractivity contribution >= 4 is 56.7 Å². The number of nitrogens with one attached hydrogen (secondary N) is 3. The molecule has 5 rings (SSSR count). The van der Waals surface area contributed by atoms with E-state index in [4.69, 9.17) is 14.6 Å². The fourth-order valence-electron chi connectivity index (χ4n) is 5.01. The maximum absolute atomic E-state index is 13.6. The van der Waals surface area contributed by atoms with Gasteiger partial charge in [-0.25, -0.2) is 24.5 Å². The van der Waals surface area contributed by atoms with Crippen LogP contribution in [0, 0.1) is 0 Å². The quantitative estimate of drug-likeness (QED) is 0.284. The molecule has 1 aliphatic carbocycles. The summed E-state index contributed by atoms with van der Waals surface area (Å²) >= 11 is 3.68. The van der Waals surface area contributed by atoms with Crippen LogP contribution in [-0.2, 0) is 16.1 Å². The summed E-state index contributed by atoms with van der Waals surface area (Å²) in [4.78, 5) is 52.4. The summed E-state index contributed by atoms with van der Waals surface area (Å²) in [5.74, 6) is 0.413. The first kappa shape index (κ1) is 29.4. The van der Waals surface area contributed by atoms with Crippen molar-refractivity contribution in [2.45, 2.75) is 63.8 Å². The summed E-state index contributed by atoms with van der Waals surface area (Å²) in [5.41, 5.74) is 0.338. The number of amides is 3. The Hall–Kier alpha value is -4.14. The Kier molecular flexibility index (Phi) is 7.88. The number of hydrogen-bond donors (Lipinski definition) is 4. The lowest BCUT2D eigenvalue weighted by Crippen LogP contribution is -2.61. The number of fused-ring (bicyclic) bond motifs is 1. The van der Waals surface area contributed by atoms with Crippen LogP contribution < -0.4 is 25.6 Å². The molecule has 3 heterocycles. The van der Waals surface area contributed by atoms with Gasteiger partial charge in [-0.2, -0.15) is 0 Å². The van der Waals surface area contributed by atoms with Crippen molar-refractivity contribution in [3.8, 4) is 5.75 Å². The Labute approximate surface area is 250 Å². The number of imidazole rings is 1. The number of hydrogen-bond acceptors (Lipinski definition) is 9. The van der Waals surface area contributed by atoms with Gasteiger partial charge < -0.3 is 34.7 Å². The first-order valence-corrected chi connectivity index (χ1v) is 14.3. The number of halogens is 1. The second kappa shape index (κ2) is 11.3. The second-order valence-electron chi connectivity index (χ2n) is 11.4. The Morgan fingerprint density at radius 2 is 1.95 bits per heavy atom. The van der Waals surface area contributed by atoms with Crippen molar-refractivity contribution in [1.29, 1.82) is 0 Å². The van der Waals surface area contributed by atoms with Crippen molar-refractivity contribution in [2.75, 3.05) is 30.4 Å². The average Bonchev–Trinajstić information content (AvgIpc) is 3.46. The third-order valence-corrected chi connectivity index (χ3v) is 7.78. The third-order valence-electron chi connectivity index (χ3n) is 7.04. The number of aromatic nitrogens is 4. The molecular weight excluding hydrogens is 612 g/mol. The summed E-state index contributed by atoms with van der Waals surface area (Å²) in [5, 5.41) is 17.4. The molecule has 1 saturated carbocycles. The average molecular weight is 646 g/mol. The van der Waals surface area contributed by atoms with Gasteiger partial charge in [0.25, 0.3) is 0 Å². The van der Waals surface area contributed by atoms with Crippen LogP contribution in [0.25, 0.3) is 11.2 Å². The van der Waals surface area contributed by atoms with E-state index in [1.54, 1.807) is 38.8 Å². The van der Waals surface area contributed by atoms with Crippen LogP contribution >= 0.6 is 15.9 Å². The first-order valence-electron chi connectivity index (χ1n) is 13.5. The number of anilines is 2. The van der Waals surface area contributed by atoms with Gasteiger partial charge in [-0.3, -0.25) is 10.1 Å². The largest absolute Gasteiger partial charge is 0.495 e. The van der Waals surface area contributed by atoms with Gasteiger partial charge in [0.15, 0.2) is 17.0 Å². The molecule has 0 spiro atoms. The van der Waals surface area contributed by atoms with Gasteiger partial charge in [-0.15, -0.1) is 0 Å². The number of carbonyl (C=O) groups is 3. The molecule has 14 nitrogen and oxygen atoms in total. The van der Waals surface area contributed by atoms with E-state index in [1.165, 1.54) is 6.33 Å². The molecule has 2 aliphatic rings. The highest BCUT2D eigenvalue weighted by atomic mass is 79.9. The minimum Gasteiger partial charge on any atom is -0.495 e. The molecule has 1 atom stereocenters. The molecule has 2 aromatic heterocycles. The van der Waals surface area contributed by atoms with E-state index in [2.05, 4.69) is 46.8 Å². The van der Waals surface area contributed by atoms with Gasteiger partial charge in [0, 0.05) is 22.6 Å². The number of alkyl carbamates (subject to hydrolysis) is 1. The summed E-state index contributed by atoms with van der Waals surface area (Å²) in [6.07, 6.45) is 3.08. The van der Waals surface area contributed by atoms with Crippen LogP contribution in [0.5, 0.6) is 5.75 Å². The van der Waals surface area contributed by atoms with E-state index in [1.807, 2.05) is 17.0 Å². The van der Waals surface area contributed by atoms with E-state index in [0.29, 0.717) is 29.9 Å². The Morgan fingerprint density at radius 3 is 2.62 bits per heavy atom. The van der Waals surface area contributed by atoms with E-state index < -0.39 is 23.3 Å². The van der Waals surface area contributed by atoms with Crippen molar-refractivity contribution in [3.63, 3.8) is 0 Å². The molecule has 3 amide bonds. The number of methoxy groups -OCH3 is 1. The summed E-state index contributed by atoms with van der Waals surface area (Å²) in [6, 6.07) is 3.81. The maximum atomic E-state index is 13.6. The Bertz CT molecular complexity index is 1530. The molecule has 1 aromatic carbocycles. The van der Waals surface area contributed by atoms with Gasteiger partial charge in [-0.05, 0) is 52.2 Å². The molecule has 2 fully saturated rings. The minimum atomic E-state index is -1.26. The van der Waals surface area contributed by atoms with E-state index >= 15 is 0 Å². The number of carbonyl (C=O) groups excluding carboxylic acids is 2.